The van der Waals surface area contributed by atoms with Crippen LogP contribution < -0.4 is 5.73 Å². The fraction of sp³-hybridized carbons (Fsp3) is 0.581. The highest BCUT2D eigenvalue weighted by Gasteiger charge is 2.70. The van der Waals surface area contributed by atoms with Crippen molar-refractivity contribution in [3.8, 4) is 0 Å². The van der Waals surface area contributed by atoms with Gasteiger partial charge in [-0.25, -0.2) is 14.2 Å². The van der Waals surface area contributed by atoms with E-state index in [1.807, 2.05) is 6.92 Å². The zero-order valence-electron chi connectivity index (χ0n) is 23.5. The molecule has 5 rings (SSSR count). The van der Waals surface area contributed by atoms with Crippen LogP contribution in [0.3, 0.4) is 0 Å². The maximum absolute atomic E-state index is 13.4. The largest absolute Gasteiger partial charge is 0.509 e. The van der Waals surface area contributed by atoms with Crippen molar-refractivity contribution in [2.75, 3.05) is 0 Å². The molecule has 0 spiro atoms. The number of thiol groups is 1. The lowest BCUT2D eigenvalue weighted by Gasteiger charge is -2.60. The molecule has 9 heteroatoms. The van der Waals surface area contributed by atoms with Crippen molar-refractivity contribution < 1.29 is 28.6 Å². The lowest BCUT2D eigenvalue weighted by atomic mass is 9.45. The van der Waals surface area contributed by atoms with Crippen LogP contribution in [0.15, 0.2) is 52.7 Å². The van der Waals surface area contributed by atoms with Crippen molar-refractivity contribution in [1.82, 2.24) is 0 Å². The molecule has 0 bridgehead atoms. The zero-order chi connectivity index (χ0) is 29.0. The number of ether oxygens (including phenoxy) is 2. The topological polar surface area (TPSA) is 111 Å². The van der Waals surface area contributed by atoms with Gasteiger partial charge in [0, 0.05) is 5.41 Å². The molecule has 3 unspecified atom stereocenters. The van der Waals surface area contributed by atoms with E-state index in [1.165, 1.54) is 17.7 Å². The van der Waals surface area contributed by atoms with Crippen molar-refractivity contribution in [3.63, 3.8) is 0 Å². The van der Waals surface area contributed by atoms with E-state index in [-0.39, 0.29) is 35.1 Å². The molecular formula is C31H39FN2O5S. The first-order valence-electron chi connectivity index (χ1n) is 14.1. The molecule has 0 aromatic heterocycles. The van der Waals surface area contributed by atoms with Gasteiger partial charge in [-0.05, 0) is 118 Å². The van der Waals surface area contributed by atoms with E-state index < -0.39 is 28.4 Å². The fourth-order valence-electron chi connectivity index (χ4n) is 8.50. The van der Waals surface area contributed by atoms with Gasteiger partial charge in [0.2, 0.25) is 5.12 Å². The second-order valence-electron chi connectivity index (χ2n) is 12.6. The van der Waals surface area contributed by atoms with Crippen LogP contribution in [0.4, 0.5) is 14.9 Å². The number of halogens is 1. The Morgan fingerprint density at radius 2 is 1.93 bits per heavy atom. The van der Waals surface area contributed by atoms with Crippen LogP contribution >= 0.6 is 12.6 Å². The average Bonchev–Trinajstić information content (AvgIpc) is 3.16. The molecular weight excluding hydrogens is 531 g/mol. The number of hydrogen-bond donors (Lipinski definition) is 3. The number of allylic oxidation sites excluding steroid dienone is 3. The van der Waals surface area contributed by atoms with E-state index in [9.17, 15) is 19.1 Å². The van der Waals surface area contributed by atoms with E-state index in [1.54, 1.807) is 32.2 Å². The third-order valence-corrected chi connectivity index (χ3v) is 10.6. The molecule has 0 aliphatic heterocycles. The number of hydrogen-bond acceptors (Lipinski definition) is 7. The summed E-state index contributed by atoms with van der Waals surface area (Å²) < 4.78 is 24.5. The molecule has 0 radical (unpaired) electrons. The fourth-order valence-corrected chi connectivity index (χ4v) is 8.91. The molecule has 4 aliphatic rings. The number of aliphatic hydroxyl groups is 1. The number of rotatable bonds is 4. The van der Waals surface area contributed by atoms with Crippen LogP contribution in [0.5, 0.6) is 0 Å². The lowest BCUT2D eigenvalue weighted by molar-refractivity contribution is -0.179. The third kappa shape index (κ3) is 4.49. The van der Waals surface area contributed by atoms with E-state index in [0.29, 0.717) is 31.4 Å². The van der Waals surface area contributed by atoms with E-state index >= 15 is 0 Å². The Labute approximate surface area is 240 Å². The third-order valence-electron chi connectivity index (χ3n) is 10.2. The predicted octanol–water partition coefficient (Wildman–Crippen LogP) is 6.04. The highest BCUT2D eigenvalue weighted by molar-refractivity contribution is 7.96. The van der Waals surface area contributed by atoms with Gasteiger partial charge in [-0.2, -0.15) is 0 Å². The van der Waals surface area contributed by atoms with Crippen LogP contribution in [0.2, 0.25) is 0 Å². The quantitative estimate of drug-likeness (QED) is 0.301. The number of benzene rings is 1. The van der Waals surface area contributed by atoms with Gasteiger partial charge in [-0.1, -0.05) is 19.4 Å². The maximum Gasteiger partial charge on any atom is 0.509 e. The SMILES string of the molecule is CC(C)OC(=O)O[C@]1(C(=O)S)CCC2[C@@H]3CCC4=CC(=Nc5ccc(F)cc5)C(=CN)C[C@]4(C)C3C(O)C[C@@]21C. The first kappa shape index (κ1) is 28.9. The van der Waals surface area contributed by atoms with Crippen molar-refractivity contribution >= 4 is 35.3 Å². The van der Waals surface area contributed by atoms with Gasteiger partial charge in [-0.3, -0.25) is 4.79 Å². The molecule has 0 saturated heterocycles. The summed E-state index contributed by atoms with van der Waals surface area (Å²) >= 11 is 4.22. The van der Waals surface area contributed by atoms with Crippen LogP contribution in [-0.2, 0) is 14.3 Å². The van der Waals surface area contributed by atoms with Gasteiger partial charge in [0.25, 0.3) is 0 Å². The Kier molecular flexibility index (Phi) is 7.45. The molecule has 3 N–H and O–H groups in total. The minimum Gasteiger partial charge on any atom is -0.432 e. The Hall–Kier alpha value is -2.65. The summed E-state index contributed by atoms with van der Waals surface area (Å²) in [5.74, 6) is -0.213. The summed E-state index contributed by atoms with van der Waals surface area (Å²) in [4.78, 5) is 30.5. The van der Waals surface area contributed by atoms with E-state index in [2.05, 4.69) is 25.6 Å². The second kappa shape index (κ2) is 10.3. The van der Waals surface area contributed by atoms with Gasteiger partial charge in [-0.15, -0.1) is 12.6 Å². The first-order chi connectivity index (χ1) is 18.8. The van der Waals surface area contributed by atoms with E-state index in [0.717, 1.165) is 24.1 Å². The summed E-state index contributed by atoms with van der Waals surface area (Å²) in [6, 6.07) is 6.05. The monoisotopic (exact) mass is 570 g/mol. The number of fused-ring (bicyclic) bond motifs is 5. The maximum atomic E-state index is 13.4. The zero-order valence-corrected chi connectivity index (χ0v) is 24.4. The molecule has 0 amide bonds. The summed E-state index contributed by atoms with van der Waals surface area (Å²) in [5.41, 5.74) is 7.01. The molecule has 1 aromatic carbocycles. The minimum atomic E-state index is -1.46. The van der Waals surface area contributed by atoms with E-state index in [4.69, 9.17) is 20.2 Å². The highest BCUT2D eigenvalue weighted by atomic mass is 32.1. The molecule has 3 saturated carbocycles. The Balaban J connectivity index is 1.49. The molecule has 40 heavy (non-hydrogen) atoms. The number of aliphatic hydroxyl groups excluding tert-OH is 1. The Morgan fingerprint density at radius 1 is 1.23 bits per heavy atom. The van der Waals surface area contributed by atoms with Crippen molar-refractivity contribution in [2.45, 2.75) is 84.0 Å². The van der Waals surface area contributed by atoms with Gasteiger partial charge < -0.3 is 20.3 Å². The van der Waals surface area contributed by atoms with Crippen LogP contribution in [0.25, 0.3) is 0 Å². The molecule has 4 aliphatic carbocycles. The number of carbonyl (C=O) groups is 2. The number of carbonyl (C=O) groups excluding carboxylic acids is 2. The van der Waals surface area contributed by atoms with Crippen LogP contribution in [-0.4, -0.2) is 39.9 Å². The molecule has 7 atom stereocenters. The molecule has 7 nitrogen and oxygen atoms in total. The van der Waals surface area contributed by atoms with Crippen molar-refractivity contribution in [2.24, 2.45) is 39.3 Å². The smallest absolute Gasteiger partial charge is 0.432 e. The van der Waals surface area contributed by atoms with Gasteiger partial charge in [0.1, 0.15) is 5.82 Å². The highest BCUT2D eigenvalue weighted by Crippen LogP contribution is 2.68. The summed E-state index contributed by atoms with van der Waals surface area (Å²) in [6.45, 7) is 7.61. The molecule has 1 aromatic rings. The summed E-state index contributed by atoms with van der Waals surface area (Å²) in [6.07, 6.45) is 5.28. The normalized spacial score (nSPS) is 38.9. The lowest BCUT2D eigenvalue weighted by Crippen LogP contribution is -2.62. The summed E-state index contributed by atoms with van der Waals surface area (Å²) in [5, 5.41) is 11.3. The second-order valence-corrected chi connectivity index (χ2v) is 13.0. The Morgan fingerprint density at radius 3 is 2.55 bits per heavy atom. The molecule has 3 fully saturated rings. The van der Waals surface area contributed by atoms with Gasteiger partial charge in [0.05, 0.1) is 23.6 Å². The summed E-state index contributed by atoms with van der Waals surface area (Å²) in [7, 11) is 0. The Bertz CT molecular complexity index is 1290. The standard InChI is InChI=1S/C31H39FN2O5S/c1-17(2)38-28(37)39-31(27(36)40)12-11-23-22-10-5-19-13-24(34-21-8-6-20(32)7-9-21)18(16-33)14-29(19,3)26(22)25(35)15-30(23,31)4/h6-9,13,16-17,22-23,25-26,35H,5,10-12,14-15,33H2,1-4H3,(H,36,40)/t22-,23?,25?,26?,29-,30-,31-/m0/s1. The molecule has 216 valence electrons. The van der Waals surface area contributed by atoms with Gasteiger partial charge in [0.15, 0.2) is 5.60 Å². The van der Waals surface area contributed by atoms with Crippen LogP contribution in [0.1, 0.15) is 66.2 Å². The average molecular weight is 571 g/mol. The van der Waals surface area contributed by atoms with Gasteiger partial charge >= 0.3 is 6.16 Å². The number of aliphatic imine (C=N–C) groups is 1. The minimum absolute atomic E-state index is 0.0572. The molecule has 0 heterocycles. The van der Waals surface area contributed by atoms with Crippen LogP contribution in [0, 0.1) is 34.4 Å². The number of nitrogens with zero attached hydrogens (tertiary/aromatic N) is 1. The number of nitrogens with two attached hydrogens (primary N) is 1. The van der Waals surface area contributed by atoms with Crippen molar-refractivity contribution in [3.05, 3.63) is 53.5 Å². The van der Waals surface area contributed by atoms with Crippen molar-refractivity contribution in [1.29, 1.82) is 0 Å². The first-order valence-corrected chi connectivity index (χ1v) is 14.6. The predicted molar refractivity (Wildman–Crippen MR) is 154 cm³/mol.